The predicted molar refractivity (Wildman–Crippen MR) is 112 cm³/mol. The number of carboxylic acids is 1. The second-order valence-electron chi connectivity index (χ2n) is 6.86. The van der Waals surface area contributed by atoms with E-state index in [0.717, 1.165) is 28.1 Å². The smallest absolute Gasteiger partial charge is 0.341 e. The number of benzene rings is 2. The van der Waals surface area contributed by atoms with Gasteiger partial charge in [-0.3, -0.25) is 4.79 Å². The molecule has 0 spiro atoms. The highest BCUT2D eigenvalue weighted by molar-refractivity contribution is 5.93. The lowest BCUT2D eigenvalue weighted by Gasteiger charge is -2.12. The van der Waals surface area contributed by atoms with Gasteiger partial charge in [0, 0.05) is 18.1 Å². The van der Waals surface area contributed by atoms with Crippen LogP contribution in [0.1, 0.15) is 34.0 Å². The molecule has 0 radical (unpaired) electrons. The highest BCUT2D eigenvalue weighted by Gasteiger charge is 2.15. The maximum atomic E-state index is 12.5. The van der Waals surface area contributed by atoms with Gasteiger partial charge in [0.1, 0.15) is 11.3 Å². The number of hydrogen-bond acceptors (Lipinski definition) is 5. The minimum absolute atomic E-state index is 0.242. The third kappa shape index (κ3) is 3.63. The fourth-order valence-electron chi connectivity index (χ4n) is 3.36. The number of hydrogen-bond donors (Lipinski definition) is 1. The van der Waals surface area contributed by atoms with Crippen LogP contribution < -0.4 is 10.2 Å². The van der Waals surface area contributed by atoms with Crippen LogP contribution in [0.5, 0.6) is 5.75 Å². The summed E-state index contributed by atoms with van der Waals surface area (Å²) in [7, 11) is 1.64. The number of ether oxygens (including phenoxy) is 1. The molecule has 0 aliphatic carbocycles. The van der Waals surface area contributed by atoms with E-state index in [-0.39, 0.29) is 5.56 Å². The lowest BCUT2D eigenvalue weighted by Crippen LogP contribution is -2.18. The van der Waals surface area contributed by atoms with E-state index in [1.54, 1.807) is 29.9 Å². The Balaban J connectivity index is 2.11. The first-order valence-electron chi connectivity index (χ1n) is 9.25. The van der Waals surface area contributed by atoms with Crippen molar-refractivity contribution in [2.75, 3.05) is 7.11 Å². The first kappa shape index (κ1) is 20.3. The number of pyridine rings is 1. The van der Waals surface area contributed by atoms with Crippen LogP contribution in [0.4, 0.5) is 11.4 Å². The monoisotopic (exact) mass is 393 g/mol. The highest BCUT2D eigenvalue weighted by Crippen LogP contribution is 2.34. The van der Waals surface area contributed by atoms with Crippen molar-refractivity contribution >= 4 is 28.2 Å². The van der Waals surface area contributed by atoms with Gasteiger partial charge in [-0.05, 0) is 68.7 Å². The van der Waals surface area contributed by atoms with Gasteiger partial charge in [-0.15, -0.1) is 5.11 Å². The van der Waals surface area contributed by atoms with Gasteiger partial charge in [0.2, 0.25) is 5.43 Å². The molecule has 2 aromatic carbocycles. The highest BCUT2D eigenvalue weighted by atomic mass is 16.5. The Bertz CT molecular complexity index is 1210. The standard InChI is InChI=1S/C22H23N3O4/c1-6-25-11-17(22(27)28)21(26)16-8-7-15(10-18(16)25)23-24-20-12(2)9-19(29-5)13(3)14(20)4/h7-11H,6H2,1-5H3,(H,27,28). The quantitative estimate of drug-likeness (QED) is 0.613. The second-order valence-corrected chi connectivity index (χ2v) is 6.86. The topological polar surface area (TPSA) is 93.2 Å². The average Bonchev–Trinajstić information content (AvgIpc) is 2.70. The van der Waals surface area contributed by atoms with E-state index in [1.165, 1.54) is 6.20 Å². The molecule has 29 heavy (non-hydrogen) atoms. The van der Waals surface area contributed by atoms with Gasteiger partial charge >= 0.3 is 5.97 Å². The number of aryl methyl sites for hydroxylation is 2. The molecule has 0 aliphatic heterocycles. The molecule has 3 aromatic rings. The number of rotatable bonds is 5. The molecule has 0 saturated carbocycles. The molecule has 1 N–H and O–H groups in total. The van der Waals surface area contributed by atoms with Gasteiger partial charge in [-0.25, -0.2) is 4.79 Å². The van der Waals surface area contributed by atoms with Crippen LogP contribution in [0.2, 0.25) is 0 Å². The first-order chi connectivity index (χ1) is 13.8. The van der Waals surface area contributed by atoms with Crippen molar-refractivity contribution in [3.8, 4) is 5.75 Å². The second kappa shape index (κ2) is 7.87. The lowest BCUT2D eigenvalue weighted by atomic mass is 10.0. The van der Waals surface area contributed by atoms with Crippen molar-refractivity contribution in [1.82, 2.24) is 4.57 Å². The van der Waals surface area contributed by atoms with Crippen LogP contribution in [0.25, 0.3) is 10.9 Å². The van der Waals surface area contributed by atoms with E-state index >= 15 is 0 Å². The van der Waals surface area contributed by atoms with Crippen LogP contribution >= 0.6 is 0 Å². The third-order valence-electron chi connectivity index (χ3n) is 5.13. The molecule has 0 bridgehead atoms. The molecule has 0 atom stereocenters. The number of carbonyl (C=O) groups is 1. The first-order valence-corrected chi connectivity index (χ1v) is 9.25. The van der Waals surface area contributed by atoms with Crippen molar-refractivity contribution in [2.45, 2.75) is 34.2 Å². The van der Waals surface area contributed by atoms with Crippen LogP contribution in [0, 0.1) is 20.8 Å². The van der Waals surface area contributed by atoms with E-state index in [1.807, 2.05) is 33.8 Å². The Morgan fingerprint density at radius 2 is 1.86 bits per heavy atom. The zero-order valence-electron chi connectivity index (χ0n) is 17.1. The number of carboxylic acid groups (broad SMARTS) is 1. The van der Waals surface area contributed by atoms with Gasteiger partial charge in [-0.2, -0.15) is 5.11 Å². The summed E-state index contributed by atoms with van der Waals surface area (Å²) in [6.07, 6.45) is 1.37. The van der Waals surface area contributed by atoms with Crippen LogP contribution in [0.15, 0.2) is 45.5 Å². The molecule has 0 aliphatic rings. The lowest BCUT2D eigenvalue weighted by molar-refractivity contribution is 0.0695. The number of methoxy groups -OCH3 is 1. The van der Waals surface area contributed by atoms with Crippen molar-refractivity contribution in [3.63, 3.8) is 0 Å². The zero-order valence-corrected chi connectivity index (χ0v) is 17.1. The molecule has 3 rings (SSSR count). The summed E-state index contributed by atoms with van der Waals surface area (Å²) in [6.45, 7) is 8.31. The van der Waals surface area contributed by atoms with Gasteiger partial charge in [0.15, 0.2) is 0 Å². The van der Waals surface area contributed by atoms with Gasteiger partial charge < -0.3 is 14.4 Å². The third-order valence-corrected chi connectivity index (χ3v) is 5.13. The Morgan fingerprint density at radius 3 is 2.48 bits per heavy atom. The maximum absolute atomic E-state index is 12.5. The van der Waals surface area contributed by atoms with Gasteiger partial charge in [-0.1, -0.05) is 0 Å². The van der Waals surface area contributed by atoms with Crippen molar-refractivity contribution < 1.29 is 14.6 Å². The Labute approximate surface area is 168 Å². The number of aromatic nitrogens is 1. The minimum Gasteiger partial charge on any atom is -0.496 e. The molecular formula is C22H23N3O4. The maximum Gasteiger partial charge on any atom is 0.341 e. The molecule has 7 nitrogen and oxygen atoms in total. The zero-order chi connectivity index (χ0) is 21.3. The molecular weight excluding hydrogens is 370 g/mol. The summed E-state index contributed by atoms with van der Waals surface area (Å²) >= 11 is 0. The van der Waals surface area contributed by atoms with Gasteiger partial charge in [0.05, 0.1) is 24.0 Å². The predicted octanol–water partition coefficient (Wildman–Crippen LogP) is 5.07. The Hall–Kier alpha value is -3.48. The Kier molecular flexibility index (Phi) is 5.50. The number of azo groups is 1. The molecule has 150 valence electrons. The Morgan fingerprint density at radius 1 is 1.14 bits per heavy atom. The molecule has 7 heteroatoms. The van der Waals surface area contributed by atoms with E-state index in [0.29, 0.717) is 23.1 Å². The molecule has 1 heterocycles. The van der Waals surface area contributed by atoms with Gasteiger partial charge in [0.25, 0.3) is 0 Å². The van der Waals surface area contributed by atoms with Crippen molar-refractivity contribution in [1.29, 1.82) is 0 Å². The summed E-state index contributed by atoms with van der Waals surface area (Å²) in [4.78, 5) is 23.8. The van der Waals surface area contributed by atoms with Crippen LogP contribution in [-0.2, 0) is 6.54 Å². The number of aromatic carboxylic acids is 1. The fraction of sp³-hybridized carbons (Fsp3) is 0.273. The van der Waals surface area contributed by atoms with Crippen LogP contribution in [-0.4, -0.2) is 22.8 Å². The normalized spacial score (nSPS) is 11.3. The SMILES string of the molecule is CCn1cc(C(=O)O)c(=O)c2ccc(N=Nc3c(C)cc(OC)c(C)c3C)cc21. The molecule has 0 amide bonds. The summed E-state index contributed by atoms with van der Waals surface area (Å²) in [6, 6.07) is 6.94. The molecule has 0 saturated heterocycles. The van der Waals surface area contributed by atoms with E-state index in [9.17, 15) is 14.7 Å². The van der Waals surface area contributed by atoms with Crippen LogP contribution in [0.3, 0.4) is 0 Å². The number of fused-ring (bicyclic) bond motifs is 1. The minimum atomic E-state index is -1.23. The summed E-state index contributed by atoms with van der Waals surface area (Å²) in [5.41, 5.74) is 4.18. The van der Waals surface area contributed by atoms with E-state index < -0.39 is 11.4 Å². The average molecular weight is 393 g/mol. The fourth-order valence-corrected chi connectivity index (χ4v) is 3.36. The summed E-state index contributed by atoms with van der Waals surface area (Å²) in [5, 5.41) is 18.4. The van der Waals surface area contributed by atoms with Crippen molar-refractivity contribution in [3.05, 3.63) is 62.9 Å². The summed E-state index contributed by atoms with van der Waals surface area (Å²) in [5.74, 6) is -0.422. The largest absolute Gasteiger partial charge is 0.496 e. The number of nitrogens with zero attached hydrogens (tertiary/aromatic N) is 3. The summed E-state index contributed by atoms with van der Waals surface area (Å²) < 4.78 is 7.12. The molecule has 0 fully saturated rings. The molecule has 0 unspecified atom stereocenters. The molecule has 1 aromatic heterocycles. The van der Waals surface area contributed by atoms with Crippen molar-refractivity contribution in [2.24, 2.45) is 10.2 Å². The van der Waals surface area contributed by atoms with E-state index in [4.69, 9.17) is 4.74 Å². The van der Waals surface area contributed by atoms with E-state index in [2.05, 4.69) is 10.2 Å².